The zero-order valence-electron chi connectivity index (χ0n) is 11.3. The highest BCUT2D eigenvalue weighted by Gasteiger charge is 2.28. The van der Waals surface area contributed by atoms with Crippen LogP contribution in [0.1, 0.15) is 16.8 Å². The number of carbonyl (C=O) groups excluding carboxylic acids is 1. The Morgan fingerprint density at radius 1 is 1.50 bits per heavy atom. The summed E-state index contributed by atoms with van der Waals surface area (Å²) >= 11 is 3.43. The van der Waals surface area contributed by atoms with Crippen molar-refractivity contribution in [1.29, 1.82) is 0 Å². The summed E-state index contributed by atoms with van der Waals surface area (Å²) in [6.45, 7) is 2.79. The van der Waals surface area contributed by atoms with Crippen LogP contribution in [0.3, 0.4) is 0 Å². The molecule has 1 N–H and O–H groups in total. The fraction of sp³-hybridized carbons (Fsp3) is 0.500. The van der Waals surface area contributed by atoms with Gasteiger partial charge in [0.1, 0.15) is 0 Å². The molecule has 1 saturated heterocycles. The minimum atomic E-state index is 0.0580. The van der Waals surface area contributed by atoms with Crippen molar-refractivity contribution in [3.05, 3.63) is 22.2 Å². The van der Waals surface area contributed by atoms with Crippen molar-refractivity contribution in [2.75, 3.05) is 33.5 Å². The topological polar surface area (TPSA) is 50.8 Å². The van der Waals surface area contributed by atoms with Gasteiger partial charge in [-0.05, 0) is 54.0 Å². The Hall–Kier alpha value is -1.27. The lowest BCUT2D eigenvalue weighted by molar-refractivity contribution is 0.0786. The zero-order valence-corrected chi connectivity index (χ0v) is 12.9. The smallest absolute Gasteiger partial charge is 0.254 e. The first-order valence-electron chi connectivity index (χ1n) is 6.72. The van der Waals surface area contributed by atoms with Gasteiger partial charge in [0.15, 0.2) is 11.5 Å². The molecule has 1 fully saturated rings. The van der Waals surface area contributed by atoms with E-state index in [1.54, 1.807) is 12.1 Å². The van der Waals surface area contributed by atoms with Gasteiger partial charge in [0.2, 0.25) is 6.79 Å². The normalized spacial score (nSPS) is 20.5. The molecule has 0 radical (unpaired) electrons. The summed E-state index contributed by atoms with van der Waals surface area (Å²) in [5.41, 5.74) is 0.645. The quantitative estimate of drug-likeness (QED) is 0.912. The lowest BCUT2D eigenvalue weighted by atomic mass is 10.1. The fourth-order valence-corrected chi connectivity index (χ4v) is 3.30. The van der Waals surface area contributed by atoms with Crippen LogP contribution >= 0.6 is 15.9 Å². The van der Waals surface area contributed by atoms with E-state index in [1.807, 2.05) is 11.9 Å². The van der Waals surface area contributed by atoms with E-state index in [-0.39, 0.29) is 12.7 Å². The third-order valence-electron chi connectivity index (χ3n) is 3.74. The van der Waals surface area contributed by atoms with Crippen LogP contribution in [0.25, 0.3) is 0 Å². The van der Waals surface area contributed by atoms with Gasteiger partial charge in [-0.25, -0.2) is 0 Å². The molecule has 20 heavy (non-hydrogen) atoms. The van der Waals surface area contributed by atoms with Crippen molar-refractivity contribution >= 4 is 21.8 Å². The summed E-state index contributed by atoms with van der Waals surface area (Å²) < 4.78 is 11.5. The van der Waals surface area contributed by atoms with E-state index in [4.69, 9.17) is 9.47 Å². The Kier molecular flexibility index (Phi) is 3.85. The lowest BCUT2D eigenvalue weighted by Crippen LogP contribution is -2.30. The van der Waals surface area contributed by atoms with Crippen LogP contribution in [-0.2, 0) is 0 Å². The lowest BCUT2D eigenvalue weighted by Gasteiger charge is -2.17. The first kappa shape index (κ1) is 13.7. The van der Waals surface area contributed by atoms with Gasteiger partial charge in [0.25, 0.3) is 5.91 Å². The molecule has 0 spiro atoms. The van der Waals surface area contributed by atoms with Gasteiger partial charge in [0.05, 0.1) is 4.47 Å². The molecule has 1 atom stereocenters. The number of fused-ring (bicyclic) bond motifs is 1. The molecule has 2 heterocycles. The van der Waals surface area contributed by atoms with E-state index < -0.39 is 0 Å². The number of likely N-dealkylation sites (tertiary alicyclic amines) is 1. The number of ether oxygens (including phenoxy) is 2. The number of nitrogens with zero attached hydrogens (tertiary/aromatic N) is 1. The summed E-state index contributed by atoms with van der Waals surface area (Å²) in [4.78, 5) is 14.4. The van der Waals surface area contributed by atoms with Gasteiger partial charge in [-0.1, -0.05) is 0 Å². The van der Waals surface area contributed by atoms with Gasteiger partial charge < -0.3 is 19.7 Å². The van der Waals surface area contributed by atoms with Crippen molar-refractivity contribution < 1.29 is 14.3 Å². The fourth-order valence-electron chi connectivity index (χ4n) is 2.75. The molecular formula is C14H17BrN2O3. The standard InChI is InChI=1S/C14H17BrN2O3/c1-16-6-9-2-3-17(7-9)14(18)10-4-11(15)13-12(5-10)19-8-20-13/h4-5,9,16H,2-3,6-8H2,1H3/t9-/m0/s1. The van der Waals surface area contributed by atoms with Crippen molar-refractivity contribution in [2.24, 2.45) is 5.92 Å². The first-order valence-corrected chi connectivity index (χ1v) is 7.51. The van der Waals surface area contributed by atoms with Gasteiger partial charge in [0, 0.05) is 18.7 Å². The molecule has 0 aliphatic carbocycles. The number of halogens is 1. The second kappa shape index (κ2) is 5.61. The number of rotatable bonds is 3. The third-order valence-corrected chi connectivity index (χ3v) is 4.33. The Labute approximate surface area is 126 Å². The number of hydrogen-bond donors (Lipinski definition) is 1. The molecule has 1 amide bonds. The van der Waals surface area contributed by atoms with Gasteiger partial charge in [-0.15, -0.1) is 0 Å². The molecule has 1 aromatic rings. The van der Waals surface area contributed by atoms with Gasteiger partial charge in [-0.2, -0.15) is 0 Å². The van der Waals surface area contributed by atoms with Crippen LogP contribution < -0.4 is 14.8 Å². The highest BCUT2D eigenvalue weighted by Crippen LogP contribution is 2.40. The molecule has 2 aliphatic heterocycles. The summed E-state index contributed by atoms with van der Waals surface area (Å²) in [6, 6.07) is 3.57. The summed E-state index contributed by atoms with van der Waals surface area (Å²) in [7, 11) is 1.94. The van der Waals surface area contributed by atoms with Crippen molar-refractivity contribution in [3.63, 3.8) is 0 Å². The Morgan fingerprint density at radius 3 is 3.15 bits per heavy atom. The van der Waals surface area contributed by atoms with E-state index in [9.17, 15) is 4.79 Å². The molecule has 1 aromatic carbocycles. The zero-order chi connectivity index (χ0) is 14.1. The number of nitrogens with one attached hydrogen (secondary N) is 1. The number of carbonyl (C=O) groups is 1. The second-order valence-corrected chi connectivity index (χ2v) is 6.01. The Bertz CT molecular complexity index is 535. The monoisotopic (exact) mass is 340 g/mol. The van der Waals surface area contributed by atoms with Crippen LogP contribution in [0, 0.1) is 5.92 Å². The molecule has 0 bridgehead atoms. The van der Waals surface area contributed by atoms with E-state index in [1.165, 1.54) is 0 Å². The molecule has 2 aliphatic rings. The first-order chi connectivity index (χ1) is 9.69. The molecule has 6 heteroatoms. The minimum Gasteiger partial charge on any atom is -0.454 e. The predicted molar refractivity (Wildman–Crippen MR) is 78.2 cm³/mol. The van der Waals surface area contributed by atoms with E-state index >= 15 is 0 Å². The van der Waals surface area contributed by atoms with Gasteiger partial charge >= 0.3 is 0 Å². The van der Waals surface area contributed by atoms with Crippen LogP contribution in [0.2, 0.25) is 0 Å². The van der Waals surface area contributed by atoms with Gasteiger partial charge in [-0.3, -0.25) is 4.79 Å². The van der Waals surface area contributed by atoms with Crippen molar-refractivity contribution in [3.8, 4) is 11.5 Å². The highest BCUT2D eigenvalue weighted by atomic mass is 79.9. The van der Waals surface area contributed by atoms with Crippen LogP contribution in [0.4, 0.5) is 0 Å². The summed E-state index contributed by atoms with van der Waals surface area (Å²) in [5, 5.41) is 3.17. The van der Waals surface area contributed by atoms with Crippen molar-refractivity contribution in [1.82, 2.24) is 10.2 Å². The number of benzene rings is 1. The molecule has 0 saturated carbocycles. The molecule has 108 valence electrons. The minimum absolute atomic E-state index is 0.0580. The average Bonchev–Trinajstić information content (AvgIpc) is 3.07. The van der Waals surface area contributed by atoms with Crippen LogP contribution in [0.15, 0.2) is 16.6 Å². The molecular weight excluding hydrogens is 324 g/mol. The summed E-state index contributed by atoms with van der Waals surface area (Å²) in [6.07, 6.45) is 1.05. The Morgan fingerprint density at radius 2 is 2.35 bits per heavy atom. The van der Waals surface area contributed by atoms with Crippen molar-refractivity contribution in [2.45, 2.75) is 6.42 Å². The van der Waals surface area contributed by atoms with E-state index in [0.29, 0.717) is 23.0 Å². The van der Waals surface area contributed by atoms with Crippen LogP contribution in [-0.4, -0.2) is 44.3 Å². The molecule has 5 nitrogen and oxygen atoms in total. The highest BCUT2D eigenvalue weighted by molar-refractivity contribution is 9.10. The summed E-state index contributed by atoms with van der Waals surface area (Å²) in [5.74, 6) is 1.91. The Balaban J connectivity index is 1.77. The largest absolute Gasteiger partial charge is 0.454 e. The predicted octanol–water partition coefficient (Wildman–Crippen LogP) is 1.86. The molecule has 3 rings (SSSR count). The maximum Gasteiger partial charge on any atom is 0.254 e. The maximum atomic E-state index is 12.5. The van der Waals surface area contributed by atoms with E-state index in [0.717, 1.165) is 30.5 Å². The number of amides is 1. The second-order valence-electron chi connectivity index (χ2n) is 5.16. The van der Waals surface area contributed by atoms with E-state index in [2.05, 4.69) is 21.2 Å². The molecule has 0 unspecified atom stereocenters. The number of hydrogen-bond acceptors (Lipinski definition) is 4. The third kappa shape index (κ3) is 2.50. The average molecular weight is 341 g/mol. The molecule has 0 aromatic heterocycles. The van der Waals surface area contributed by atoms with Crippen LogP contribution in [0.5, 0.6) is 11.5 Å². The maximum absolute atomic E-state index is 12.5. The SMILES string of the molecule is CNC[C@@H]1CCN(C(=O)c2cc(Br)c3c(c2)OCO3)C1.